The Kier molecular flexibility index (Phi) is 7.62. The van der Waals surface area contributed by atoms with E-state index in [2.05, 4.69) is 11.6 Å². The monoisotopic (exact) mass is 349 g/mol. The summed E-state index contributed by atoms with van der Waals surface area (Å²) in [7, 11) is -3.79. The number of halogens is 1. The highest BCUT2D eigenvalue weighted by Gasteiger charge is 2.21. The maximum absolute atomic E-state index is 12.3. The fourth-order valence-electron chi connectivity index (χ4n) is 1.80. The molecule has 1 aromatic rings. The first-order chi connectivity index (χ1) is 10.3. The second kappa shape index (κ2) is 8.72. The van der Waals surface area contributed by atoms with Crippen LogP contribution in [0.5, 0.6) is 5.75 Å². The molecule has 0 fully saturated rings. The zero-order valence-electron chi connectivity index (χ0n) is 13.2. The molecule has 1 atom stereocenters. The topological polar surface area (TPSA) is 75.6 Å². The molecule has 2 N–H and O–H groups in total. The molecule has 126 valence electrons. The summed E-state index contributed by atoms with van der Waals surface area (Å²) in [4.78, 5) is 0.000230. The summed E-state index contributed by atoms with van der Waals surface area (Å²) in [6.45, 7) is 5.77. The van der Waals surface area contributed by atoms with E-state index in [1.807, 2.05) is 0 Å². The van der Waals surface area contributed by atoms with Gasteiger partial charge in [0.05, 0.1) is 12.7 Å². The van der Waals surface area contributed by atoms with E-state index in [0.29, 0.717) is 11.6 Å². The van der Waals surface area contributed by atoms with Crippen LogP contribution in [0.15, 0.2) is 17.0 Å². The van der Waals surface area contributed by atoms with Gasteiger partial charge in [-0.15, -0.1) is 0 Å². The zero-order valence-corrected chi connectivity index (χ0v) is 14.8. The van der Waals surface area contributed by atoms with E-state index in [4.69, 9.17) is 16.3 Å². The molecule has 0 aliphatic heterocycles. The molecule has 0 heterocycles. The van der Waals surface area contributed by atoms with Crippen LogP contribution in [0.2, 0.25) is 5.02 Å². The quantitative estimate of drug-likeness (QED) is 0.672. The largest absolute Gasteiger partial charge is 0.492 e. The van der Waals surface area contributed by atoms with Crippen LogP contribution >= 0.6 is 11.6 Å². The van der Waals surface area contributed by atoms with Crippen molar-refractivity contribution in [2.45, 2.75) is 51.0 Å². The predicted molar refractivity (Wildman–Crippen MR) is 88.1 cm³/mol. The lowest BCUT2D eigenvalue weighted by Gasteiger charge is -2.15. The Labute approximate surface area is 137 Å². The van der Waals surface area contributed by atoms with Crippen molar-refractivity contribution in [3.05, 3.63) is 22.7 Å². The molecular weight excluding hydrogens is 326 g/mol. The number of hydrogen-bond acceptors (Lipinski definition) is 4. The van der Waals surface area contributed by atoms with Gasteiger partial charge in [-0.05, 0) is 38.0 Å². The lowest BCUT2D eigenvalue weighted by atomic mass is 10.2. The number of benzene rings is 1. The van der Waals surface area contributed by atoms with Gasteiger partial charge in [0.1, 0.15) is 10.6 Å². The zero-order chi connectivity index (χ0) is 16.8. The van der Waals surface area contributed by atoms with Crippen molar-refractivity contribution in [2.24, 2.45) is 0 Å². The molecule has 22 heavy (non-hydrogen) atoms. The SMILES string of the molecule is CCCCCOc1cc(C)c(Cl)cc1S(=O)(=O)NC[C@H](C)O. The van der Waals surface area contributed by atoms with Crippen LogP contribution in [-0.4, -0.2) is 32.8 Å². The van der Waals surface area contributed by atoms with Crippen molar-refractivity contribution in [1.82, 2.24) is 4.72 Å². The summed E-state index contributed by atoms with van der Waals surface area (Å²) in [5, 5.41) is 9.61. The Balaban J connectivity index is 3.02. The van der Waals surface area contributed by atoms with E-state index in [1.165, 1.54) is 13.0 Å². The summed E-state index contributed by atoms with van der Waals surface area (Å²) < 4.78 is 32.7. The fourth-order valence-corrected chi connectivity index (χ4v) is 3.30. The molecule has 0 radical (unpaired) electrons. The van der Waals surface area contributed by atoms with E-state index in [1.54, 1.807) is 13.0 Å². The lowest BCUT2D eigenvalue weighted by Crippen LogP contribution is -2.31. The second-order valence-corrected chi connectivity index (χ2v) is 7.45. The number of nitrogens with one attached hydrogen (secondary N) is 1. The minimum atomic E-state index is -3.79. The van der Waals surface area contributed by atoms with Gasteiger partial charge in [-0.2, -0.15) is 0 Å². The molecule has 1 aromatic carbocycles. The van der Waals surface area contributed by atoms with Gasteiger partial charge in [-0.25, -0.2) is 13.1 Å². The Morgan fingerprint density at radius 3 is 2.64 bits per heavy atom. The average molecular weight is 350 g/mol. The van der Waals surface area contributed by atoms with E-state index in [0.717, 1.165) is 24.8 Å². The first kappa shape index (κ1) is 19.2. The van der Waals surface area contributed by atoms with Crippen molar-refractivity contribution in [3.63, 3.8) is 0 Å². The number of ether oxygens (including phenoxy) is 1. The molecule has 0 aliphatic carbocycles. The number of aliphatic hydroxyl groups is 1. The van der Waals surface area contributed by atoms with Crippen LogP contribution in [0, 0.1) is 6.92 Å². The number of unbranched alkanes of at least 4 members (excludes halogenated alkanes) is 2. The van der Waals surface area contributed by atoms with Crippen molar-refractivity contribution >= 4 is 21.6 Å². The summed E-state index contributed by atoms with van der Waals surface area (Å²) >= 11 is 6.04. The highest BCUT2D eigenvalue weighted by Crippen LogP contribution is 2.30. The molecule has 5 nitrogen and oxygen atoms in total. The third-order valence-corrected chi connectivity index (χ3v) is 4.94. The third-order valence-electron chi connectivity index (χ3n) is 3.09. The Morgan fingerprint density at radius 2 is 2.05 bits per heavy atom. The van der Waals surface area contributed by atoms with Gasteiger partial charge in [-0.3, -0.25) is 0 Å². The van der Waals surface area contributed by atoms with Gasteiger partial charge in [0.25, 0.3) is 0 Å². The van der Waals surface area contributed by atoms with Gasteiger partial charge >= 0.3 is 0 Å². The van der Waals surface area contributed by atoms with Crippen molar-refractivity contribution < 1.29 is 18.3 Å². The van der Waals surface area contributed by atoms with Crippen LogP contribution in [0.3, 0.4) is 0 Å². The molecule has 0 saturated carbocycles. The molecule has 0 aromatic heterocycles. The molecule has 7 heteroatoms. The molecule has 0 saturated heterocycles. The van der Waals surface area contributed by atoms with Crippen molar-refractivity contribution in [1.29, 1.82) is 0 Å². The van der Waals surface area contributed by atoms with Crippen LogP contribution in [-0.2, 0) is 10.0 Å². The standard InChI is InChI=1S/C15H24ClNO4S/c1-4-5-6-7-21-14-8-11(2)13(16)9-15(14)22(19,20)17-10-12(3)18/h8-9,12,17-18H,4-7,10H2,1-3H3/t12-/m0/s1. The molecule has 1 rings (SSSR count). The summed E-state index contributed by atoms with van der Waals surface area (Å²) in [6.07, 6.45) is 2.17. The molecular formula is C15H24ClNO4S. The number of aliphatic hydroxyl groups excluding tert-OH is 1. The van der Waals surface area contributed by atoms with Gasteiger partial charge in [0, 0.05) is 11.6 Å². The highest BCUT2D eigenvalue weighted by atomic mass is 35.5. The maximum Gasteiger partial charge on any atom is 0.244 e. The minimum absolute atomic E-state index is 0.000230. The first-order valence-electron chi connectivity index (χ1n) is 7.38. The van der Waals surface area contributed by atoms with Crippen LogP contribution < -0.4 is 9.46 Å². The number of hydrogen-bond donors (Lipinski definition) is 2. The van der Waals surface area contributed by atoms with E-state index >= 15 is 0 Å². The Hall–Kier alpha value is -0.820. The molecule has 0 amide bonds. The Morgan fingerprint density at radius 1 is 1.36 bits per heavy atom. The molecule has 0 bridgehead atoms. The summed E-state index contributed by atoms with van der Waals surface area (Å²) in [5.41, 5.74) is 0.752. The lowest BCUT2D eigenvalue weighted by molar-refractivity contribution is 0.198. The minimum Gasteiger partial charge on any atom is -0.492 e. The normalized spacial score (nSPS) is 13.1. The second-order valence-electron chi connectivity index (χ2n) is 5.30. The van der Waals surface area contributed by atoms with E-state index in [9.17, 15) is 13.5 Å². The smallest absolute Gasteiger partial charge is 0.244 e. The summed E-state index contributed by atoms with van der Waals surface area (Å²) in [6, 6.07) is 3.02. The Bertz CT molecular complexity index is 587. The van der Waals surface area contributed by atoms with Gasteiger partial charge in [0.2, 0.25) is 10.0 Å². The van der Waals surface area contributed by atoms with E-state index < -0.39 is 16.1 Å². The first-order valence-corrected chi connectivity index (χ1v) is 9.24. The average Bonchev–Trinajstić information content (AvgIpc) is 2.44. The van der Waals surface area contributed by atoms with Crippen molar-refractivity contribution in [2.75, 3.05) is 13.2 Å². The third kappa shape index (κ3) is 5.76. The molecule has 0 spiro atoms. The van der Waals surface area contributed by atoms with E-state index in [-0.39, 0.29) is 17.2 Å². The van der Waals surface area contributed by atoms with Crippen molar-refractivity contribution in [3.8, 4) is 5.75 Å². The molecule has 0 aliphatic rings. The number of rotatable bonds is 9. The maximum atomic E-state index is 12.3. The van der Waals surface area contributed by atoms with Gasteiger partial charge < -0.3 is 9.84 Å². The van der Waals surface area contributed by atoms with Gasteiger partial charge in [0.15, 0.2) is 0 Å². The number of sulfonamides is 1. The molecule has 0 unspecified atom stereocenters. The summed E-state index contributed by atoms with van der Waals surface area (Å²) in [5.74, 6) is 0.288. The number of aryl methyl sites for hydroxylation is 1. The fraction of sp³-hybridized carbons (Fsp3) is 0.600. The highest BCUT2D eigenvalue weighted by molar-refractivity contribution is 7.89. The van der Waals surface area contributed by atoms with Gasteiger partial charge in [-0.1, -0.05) is 31.4 Å². The predicted octanol–water partition coefficient (Wildman–Crippen LogP) is 2.88. The van der Waals surface area contributed by atoms with Crippen LogP contribution in [0.4, 0.5) is 0 Å². The van der Waals surface area contributed by atoms with Crippen LogP contribution in [0.25, 0.3) is 0 Å². The van der Waals surface area contributed by atoms with Crippen LogP contribution in [0.1, 0.15) is 38.7 Å².